The number of aromatic nitrogens is 5. The highest BCUT2D eigenvalue weighted by atomic mass is 16.5. The monoisotopic (exact) mass is 1950 g/mol. The van der Waals surface area contributed by atoms with E-state index in [0.29, 0.717) is 58.1 Å². The van der Waals surface area contributed by atoms with Gasteiger partial charge in [-0.15, -0.1) is 0 Å². The van der Waals surface area contributed by atoms with Gasteiger partial charge in [-0.1, -0.05) is 205 Å². The number of benzene rings is 10. The molecule has 10 heterocycles. The molecule has 0 radical (unpaired) electrons. The number of aromatic amines is 5. The lowest BCUT2D eigenvalue weighted by atomic mass is 9.95. The number of nitrogens with one attached hydrogen (secondary N) is 5. The molecule has 5 N–H and O–H groups in total. The molecule has 5 aromatic heterocycles. The van der Waals surface area contributed by atoms with Gasteiger partial charge in [0.2, 0.25) is 0 Å². The number of rotatable bonds is 30. The summed E-state index contributed by atoms with van der Waals surface area (Å²) in [6.45, 7) is 34.2. The van der Waals surface area contributed by atoms with Crippen LogP contribution in [-0.4, -0.2) is 249 Å². The number of carbonyl (C=O) groups excluding carboxylic acids is 5. The van der Waals surface area contributed by atoms with Crippen molar-refractivity contribution in [3.05, 3.63) is 346 Å². The van der Waals surface area contributed by atoms with Crippen LogP contribution in [0.15, 0.2) is 279 Å². The van der Waals surface area contributed by atoms with E-state index in [1.54, 1.807) is 14.2 Å². The highest BCUT2D eigenvalue weighted by molar-refractivity contribution is 6.01. The zero-order chi connectivity index (χ0) is 101. The molecule has 0 spiro atoms. The maximum Gasteiger partial charge on any atom is 0.270 e. The first-order valence-corrected chi connectivity index (χ1v) is 52.9. The van der Waals surface area contributed by atoms with E-state index < -0.39 is 0 Å². The number of nitrogens with zero attached hydrogens (tertiary/aromatic N) is 10. The Labute approximate surface area is 857 Å². The third kappa shape index (κ3) is 29.3. The third-order valence-electron chi connectivity index (χ3n) is 30.1. The zero-order valence-electron chi connectivity index (χ0n) is 87.0. The number of ether oxygens (including phenoxy) is 2. The molecule has 5 amide bonds. The lowest BCUT2D eigenvalue weighted by Gasteiger charge is -2.36. The molecule has 15 aromatic rings. The molecular weight excluding hydrogens is 1800 g/mol. The van der Waals surface area contributed by atoms with Crippen LogP contribution >= 0.6 is 0 Å². The number of likely N-dealkylation sites (tertiary alicyclic amines) is 5. The highest BCUT2D eigenvalue weighted by Crippen LogP contribution is 2.32. The van der Waals surface area contributed by atoms with Crippen LogP contribution in [0.4, 0.5) is 0 Å². The van der Waals surface area contributed by atoms with Crippen LogP contribution in [0.25, 0.3) is 54.5 Å². The molecule has 5 aliphatic heterocycles. The molecule has 20 rings (SSSR count). The van der Waals surface area contributed by atoms with E-state index in [9.17, 15) is 24.0 Å². The molecule has 5 saturated heterocycles. The van der Waals surface area contributed by atoms with Gasteiger partial charge >= 0.3 is 0 Å². The molecule has 0 saturated carbocycles. The van der Waals surface area contributed by atoms with Gasteiger partial charge < -0.3 is 58.9 Å². The minimum absolute atomic E-state index is 0.0814. The van der Waals surface area contributed by atoms with E-state index in [1.165, 1.54) is 38.9 Å². The first-order valence-electron chi connectivity index (χ1n) is 52.9. The predicted molar refractivity (Wildman–Crippen MR) is 590 cm³/mol. The van der Waals surface area contributed by atoms with Crippen molar-refractivity contribution in [2.24, 2.45) is 29.6 Å². The zero-order valence-corrected chi connectivity index (χ0v) is 87.0. The average molecular weight is 1950 g/mol. The fourth-order valence-electron chi connectivity index (χ4n) is 21.4. The second-order valence-electron chi connectivity index (χ2n) is 41.2. The van der Waals surface area contributed by atoms with E-state index >= 15 is 0 Å². The van der Waals surface area contributed by atoms with Crippen LogP contribution in [0.3, 0.4) is 0 Å². The van der Waals surface area contributed by atoms with Crippen molar-refractivity contribution < 1.29 is 33.4 Å². The summed E-state index contributed by atoms with van der Waals surface area (Å²) in [5.41, 5.74) is 17.9. The predicted octanol–water partition coefficient (Wildman–Crippen LogP) is 23.0. The van der Waals surface area contributed by atoms with Gasteiger partial charge in [0.15, 0.2) is 0 Å². The van der Waals surface area contributed by atoms with Gasteiger partial charge in [0.05, 0.1) is 14.2 Å². The normalized spacial score (nSPS) is 15.6. The van der Waals surface area contributed by atoms with Gasteiger partial charge in [-0.2, -0.15) is 0 Å². The number of methoxy groups -OCH3 is 2. The Hall–Kier alpha value is -13.4. The van der Waals surface area contributed by atoms with Crippen molar-refractivity contribution in [3.8, 4) is 11.5 Å². The van der Waals surface area contributed by atoms with Crippen LogP contribution in [-0.2, 0) is 32.7 Å². The van der Waals surface area contributed by atoms with Crippen molar-refractivity contribution in [1.29, 1.82) is 0 Å². The van der Waals surface area contributed by atoms with E-state index in [0.717, 1.165) is 274 Å². The van der Waals surface area contributed by atoms with Gasteiger partial charge in [0.1, 0.15) is 40.0 Å². The van der Waals surface area contributed by atoms with Crippen molar-refractivity contribution >= 4 is 84.1 Å². The number of para-hydroxylation sites is 5. The minimum atomic E-state index is 0.0814. The van der Waals surface area contributed by atoms with Crippen molar-refractivity contribution in [2.75, 3.05) is 140 Å². The van der Waals surface area contributed by atoms with Gasteiger partial charge in [-0.3, -0.25) is 48.5 Å². The number of hydrogen-bond acceptors (Lipinski definition) is 12. The number of fused-ring (bicyclic) bond motifs is 5. The van der Waals surface area contributed by atoms with Gasteiger partial charge in [0.25, 0.3) is 29.5 Å². The van der Waals surface area contributed by atoms with E-state index in [-0.39, 0.29) is 35.6 Å². The first kappa shape index (κ1) is 104. The van der Waals surface area contributed by atoms with Gasteiger partial charge in [0, 0.05) is 153 Å². The summed E-state index contributed by atoms with van der Waals surface area (Å²) >= 11 is 0. The fraction of sp³-hybridized carbons (Fsp3) is 0.390. The Morgan fingerprint density at radius 1 is 0.290 bits per heavy atom. The molecule has 0 unspecified atom stereocenters. The van der Waals surface area contributed by atoms with Gasteiger partial charge in [-0.05, 0) is 314 Å². The minimum Gasteiger partial charge on any atom is -0.497 e. The molecule has 5 aliphatic rings. The number of piperidine rings is 5. The van der Waals surface area contributed by atoms with Crippen LogP contribution in [0.2, 0.25) is 0 Å². The van der Waals surface area contributed by atoms with Crippen molar-refractivity contribution in [2.45, 2.75) is 145 Å². The molecule has 0 aliphatic carbocycles. The largest absolute Gasteiger partial charge is 0.497 e. The highest BCUT2D eigenvalue weighted by Gasteiger charge is 2.32. The summed E-state index contributed by atoms with van der Waals surface area (Å²) in [4.78, 5) is 104. The number of amides is 5. The van der Waals surface area contributed by atoms with E-state index in [4.69, 9.17) is 9.47 Å². The number of aryl methyl sites for hydroxylation is 2. The summed E-state index contributed by atoms with van der Waals surface area (Å²) in [5, 5.41) is 5.44. The molecule has 0 atom stereocenters. The van der Waals surface area contributed by atoms with Crippen molar-refractivity contribution in [1.82, 2.24) is 73.9 Å². The maximum absolute atomic E-state index is 13.3. The van der Waals surface area contributed by atoms with Crippen molar-refractivity contribution in [3.63, 3.8) is 0 Å². The van der Waals surface area contributed by atoms with Crippen LogP contribution in [0.5, 0.6) is 11.5 Å². The van der Waals surface area contributed by atoms with Crippen LogP contribution < -0.4 is 9.47 Å². The molecule has 0 bridgehead atoms. The summed E-state index contributed by atoms with van der Waals surface area (Å²) < 4.78 is 10.6. The van der Waals surface area contributed by atoms with Crippen LogP contribution in [0, 0.1) is 43.4 Å². The second kappa shape index (κ2) is 51.4. The van der Waals surface area contributed by atoms with Gasteiger partial charge in [-0.25, -0.2) is 0 Å². The smallest absolute Gasteiger partial charge is 0.270 e. The second-order valence-corrected chi connectivity index (χ2v) is 41.2. The van der Waals surface area contributed by atoms with E-state index in [2.05, 4.69) is 200 Å². The number of hydrogen-bond donors (Lipinski definition) is 5. The average Bonchev–Trinajstić information content (AvgIpc) is 1.67. The maximum atomic E-state index is 13.3. The fourth-order valence-corrected chi connectivity index (χ4v) is 21.4. The summed E-state index contributed by atoms with van der Waals surface area (Å²) in [6.07, 6.45) is 11.4. The molecule has 145 heavy (non-hydrogen) atoms. The Morgan fingerprint density at radius 3 is 0.903 bits per heavy atom. The number of H-pyrrole nitrogens is 5. The SMILES string of the molecule is CCN(CC1CCN(Cc2cccc(C)c2)CC1)C(=O)c1cc2ccccc2[nH]1.CCN(CC1CCN(Cc2cccc(OC)c2)CC1)C(=O)c1cc2ccccc2[nH]1.CN(CC1CCN(Cc2ccccc2)CC1)C(=O)c1cc2ccccc2[nH]1.COc1ccc(CN2CCC(CN(C(=O)c3cc4ccccc4[nH]3)C(C)C)CC2)cc1.Cc1ccc(CN2CCC(CN(C)C(=O)c3cc4ccccc4[nH]3)CC2)cc1. The summed E-state index contributed by atoms with van der Waals surface area (Å²) in [5.74, 6) is 5.14. The van der Waals surface area contributed by atoms with Crippen LogP contribution in [0.1, 0.15) is 183 Å². The Morgan fingerprint density at radius 2 is 0.572 bits per heavy atom. The van der Waals surface area contributed by atoms with E-state index in [1.807, 2.05) is 208 Å². The molecule has 5 fully saturated rings. The molecular formula is C123H151N15O7. The topological polar surface area (TPSA) is 215 Å². The third-order valence-corrected chi connectivity index (χ3v) is 30.1. The lowest BCUT2D eigenvalue weighted by Crippen LogP contribution is -2.43. The summed E-state index contributed by atoms with van der Waals surface area (Å²) in [7, 11) is 7.25. The molecule has 760 valence electrons. The quantitative estimate of drug-likeness (QED) is 0.0284. The molecule has 10 aromatic carbocycles. The Balaban J connectivity index is 0.000000130. The number of carbonyl (C=O) groups is 5. The lowest BCUT2D eigenvalue weighted by molar-refractivity contribution is 0.0618. The molecule has 22 heteroatoms. The molecule has 22 nitrogen and oxygen atoms in total. The Kier molecular flexibility index (Phi) is 37.1. The summed E-state index contributed by atoms with van der Waals surface area (Å²) in [6, 6.07) is 95.2. The standard InChI is InChI=1S/C26H33N3O2.C25H31N3O2.C25H31N3O.C24H29N3O.C23H27N3O/c1-19(2)29(26(30)25-16-22-6-4-5-7-24(22)27-25)18-21-12-14-28(15-13-21)17-20-8-10-23(31-3)11-9-20;1-3-28(25(29)24-16-21-8-4-5-10-23(21)26-24)18-19-11-13-27(14-12-19)17-20-7-6-9-22(15-20)30-2;1-3-28(25(29)24-16-22-9-4-5-10-23(22)26-24)18-20-11-13-27(14-12-20)17-21-8-6-7-19(2)15-21;1-18-7-9-19(10-8-18)17-27-13-11-20(12-14-27)16-26(2)24(28)23-15-21-5-3-4-6-22(21)25-23;1-25(23(27)22-15-20-9-5-6-10-21(20)24-22)16-19-11-13-26(14-12-19)17-18-7-3-2-4-8-18/h4-11,16,19,21,27H,12-15,17-18H2,1-3H3;4-10,15-16,19,26H,3,11-14,17-18H2,1-2H3;4-10,15-16,20,26H,3,11-14,17-18H2,1-2H3;3-10,15,20,25H,11-14,16-17H2,1-2H3;2-10,15,19,24H,11-14,16-17H2,1H3. The Bertz CT molecular complexity index is 6470. The first-order chi connectivity index (χ1) is 70.6.